The Kier molecular flexibility index (Phi) is 13.6. The minimum atomic E-state index is -1.55. The molecule has 2 aromatic heterocycles. The number of halogens is 2. The Labute approximate surface area is 387 Å². The molecule has 5 aromatic rings. The van der Waals surface area contributed by atoms with Gasteiger partial charge in [-0.2, -0.15) is 0 Å². The van der Waals surface area contributed by atoms with Crippen molar-refractivity contribution >= 4 is 46.1 Å². The molecule has 16 heteroatoms. The van der Waals surface area contributed by atoms with Gasteiger partial charge in [0.05, 0.1) is 34.2 Å². The zero-order chi connectivity index (χ0) is 49.9. The second-order valence-corrected chi connectivity index (χ2v) is 22.2. The van der Waals surface area contributed by atoms with Crippen LogP contribution in [0.15, 0.2) is 48.5 Å². The van der Waals surface area contributed by atoms with Gasteiger partial charge in [-0.15, -0.1) is 0 Å². The summed E-state index contributed by atoms with van der Waals surface area (Å²) in [6.07, 6.45) is -1.32. The van der Waals surface area contributed by atoms with Crippen molar-refractivity contribution in [2.45, 2.75) is 120 Å². The summed E-state index contributed by atoms with van der Waals surface area (Å²) < 4.78 is 43.5. The van der Waals surface area contributed by atoms with Gasteiger partial charge in [0.15, 0.2) is 11.2 Å². The lowest BCUT2D eigenvalue weighted by atomic mass is 9.76. The summed E-state index contributed by atoms with van der Waals surface area (Å²) in [7, 11) is 6.18. The number of nitrogens with one attached hydrogen (secondary N) is 4. The highest BCUT2D eigenvalue weighted by molar-refractivity contribution is 5.90. The van der Waals surface area contributed by atoms with Crippen LogP contribution in [0.5, 0.6) is 0 Å². The molecule has 2 heterocycles. The molecular formula is C50H68F2N8O6. The molecule has 0 saturated heterocycles. The molecule has 358 valence electrons. The van der Waals surface area contributed by atoms with Gasteiger partial charge in [-0.3, -0.25) is 9.59 Å². The second-order valence-electron chi connectivity index (χ2n) is 22.2. The van der Waals surface area contributed by atoms with Crippen molar-refractivity contribution < 1.29 is 37.4 Å². The Morgan fingerprint density at radius 2 is 0.848 bits per heavy atom. The monoisotopic (exact) mass is 915 g/mol. The van der Waals surface area contributed by atoms with Crippen molar-refractivity contribution in [2.75, 3.05) is 28.2 Å². The number of aromatic nitrogens is 4. The van der Waals surface area contributed by atoms with Gasteiger partial charge < -0.3 is 39.9 Å². The van der Waals surface area contributed by atoms with Crippen LogP contribution in [0.25, 0.3) is 44.3 Å². The van der Waals surface area contributed by atoms with E-state index in [1.54, 1.807) is 78.4 Å². The lowest BCUT2D eigenvalue weighted by Gasteiger charge is -2.42. The Bertz CT molecular complexity index is 2460. The van der Waals surface area contributed by atoms with Crippen LogP contribution in [-0.4, -0.2) is 93.1 Å². The summed E-state index contributed by atoms with van der Waals surface area (Å²) in [4.78, 5) is 72.1. The number of hydrogen-bond donors (Lipinski definition) is 4. The summed E-state index contributed by atoms with van der Waals surface area (Å²) in [5.74, 6) is -1.27. The van der Waals surface area contributed by atoms with E-state index in [9.17, 15) is 19.2 Å². The number of nitrogens with zero attached hydrogens (tertiary/aromatic N) is 4. The predicted molar refractivity (Wildman–Crippen MR) is 253 cm³/mol. The average molecular weight is 915 g/mol. The fraction of sp³-hybridized carbons (Fsp3) is 0.520. The Balaban J connectivity index is 1.45. The van der Waals surface area contributed by atoms with E-state index in [0.717, 1.165) is 0 Å². The van der Waals surface area contributed by atoms with Gasteiger partial charge in [-0.05, 0) is 47.9 Å². The SMILES string of the molecule is CN(C)C(=O)O[C@@](C)(C(=O)N[C@H](c1nc2cc(-c3ccc(-c4cc5nc([C@@H](NC(=O)[C@](C)(OC(=O)N(C)C)C(C)(C)C)C(C)(C)C)[nH]c5cc4F)cc3)c(F)cc2[nH]1)C(C)(C)C)C(C)(C)C. The Morgan fingerprint density at radius 1 is 0.545 bits per heavy atom. The van der Waals surface area contributed by atoms with E-state index in [1.807, 2.05) is 83.1 Å². The topological polar surface area (TPSA) is 175 Å². The molecule has 4 N–H and O–H groups in total. The molecule has 5 rings (SSSR count). The summed E-state index contributed by atoms with van der Waals surface area (Å²) in [6.45, 7) is 25.7. The van der Waals surface area contributed by atoms with Gasteiger partial charge in [0.25, 0.3) is 11.8 Å². The van der Waals surface area contributed by atoms with Crippen LogP contribution in [0, 0.1) is 33.3 Å². The molecule has 0 unspecified atom stereocenters. The minimum Gasteiger partial charge on any atom is -0.432 e. The van der Waals surface area contributed by atoms with Crippen molar-refractivity contribution in [3.8, 4) is 22.3 Å². The van der Waals surface area contributed by atoms with Crippen molar-refractivity contribution in [2.24, 2.45) is 21.7 Å². The van der Waals surface area contributed by atoms with Crippen molar-refractivity contribution in [1.29, 1.82) is 0 Å². The van der Waals surface area contributed by atoms with E-state index in [0.29, 0.717) is 44.8 Å². The van der Waals surface area contributed by atoms with Crippen molar-refractivity contribution in [3.63, 3.8) is 0 Å². The zero-order valence-electron chi connectivity index (χ0n) is 41.8. The maximum atomic E-state index is 15.9. The molecular weight excluding hydrogens is 847 g/mol. The third kappa shape index (κ3) is 10.2. The van der Waals surface area contributed by atoms with Crippen LogP contribution in [0.1, 0.15) is 121 Å². The molecule has 0 saturated carbocycles. The van der Waals surface area contributed by atoms with Crippen LogP contribution < -0.4 is 10.6 Å². The molecule has 0 bridgehead atoms. The Morgan fingerprint density at radius 3 is 1.11 bits per heavy atom. The van der Waals surface area contributed by atoms with Gasteiger partial charge in [0.1, 0.15) is 23.3 Å². The normalized spacial score (nSPS) is 15.3. The molecule has 3 aromatic carbocycles. The van der Waals surface area contributed by atoms with E-state index >= 15 is 8.78 Å². The first-order chi connectivity index (χ1) is 30.1. The van der Waals surface area contributed by atoms with E-state index in [4.69, 9.17) is 19.4 Å². The van der Waals surface area contributed by atoms with Gasteiger partial charge in [-0.1, -0.05) is 107 Å². The highest BCUT2D eigenvalue weighted by atomic mass is 19.1. The number of ether oxygens (including phenoxy) is 2. The highest BCUT2D eigenvalue weighted by Gasteiger charge is 2.51. The third-order valence-electron chi connectivity index (χ3n) is 12.6. The van der Waals surface area contributed by atoms with E-state index in [1.165, 1.54) is 21.9 Å². The summed E-state index contributed by atoms with van der Waals surface area (Å²) >= 11 is 0. The van der Waals surface area contributed by atoms with Crippen LogP contribution in [0.3, 0.4) is 0 Å². The number of carbonyl (C=O) groups is 4. The first-order valence-electron chi connectivity index (χ1n) is 22.0. The number of rotatable bonds is 10. The van der Waals surface area contributed by atoms with E-state index in [-0.39, 0.29) is 11.1 Å². The quantitative estimate of drug-likeness (QED) is 0.107. The van der Waals surface area contributed by atoms with Crippen molar-refractivity contribution in [3.05, 3.63) is 71.8 Å². The molecule has 4 atom stereocenters. The van der Waals surface area contributed by atoms with E-state index < -0.39 is 80.6 Å². The molecule has 0 spiro atoms. The number of aromatic amines is 2. The molecule has 4 amide bonds. The first-order valence-corrected chi connectivity index (χ1v) is 22.0. The lowest BCUT2D eigenvalue weighted by Crippen LogP contribution is -2.58. The first kappa shape index (κ1) is 50.9. The maximum absolute atomic E-state index is 15.9. The van der Waals surface area contributed by atoms with Crippen LogP contribution in [-0.2, 0) is 19.1 Å². The number of imidazole rings is 2. The molecule has 0 fully saturated rings. The van der Waals surface area contributed by atoms with Gasteiger partial charge in [-0.25, -0.2) is 28.3 Å². The fourth-order valence-corrected chi connectivity index (χ4v) is 7.19. The molecule has 0 radical (unpaired) electrons. The molecule has 66 heavy (non-hydrogen) atoms. The number of H-pyrrole nitrogens is 2. The highest BCUT2D eigenvalue weighted by Crippen LogP contribution is 2.41. The average Bonchev–Trinajstić information content (AvgIpc) is 3.78. The molecule has 0 aliphatic carbocycles. The van der Waals surface area contributed by atoms with Gasteiger partial charge in [0.2, 0.25) is 0 Å². The van der Waals surface area contributed by atoms with Gasteiger partial charge >= 0.3 is 12.2 Å². The zero-order valence-corrected chi connectivity index (χ0v) is 41.8. The maximum Gasteiger partial charge on any atom is 0.410 e. The van der Waals surface area contributed by atoms with Gasteiger partial charge in [0, 0.05) is 62.3 Å². The number of amides is 4. The molecule has 0 aliphatic rings. The van der Waals surface area contributed by atoms with Crippen LogP contribution >= 0.6 is 0 Å². The summed E-state index contributed by atoms with van der Waals surface area (Å²) in [6, 6.07) is 11.4. The number of hydrogen-bond acceptors (Lipinski definition) is 8. The summed E-state index contributed by atoms with van der Waals surface area (Å²) in [5.41, 5.74) is -2.51. The third-order valence-corrected chi connectivity index (χ3v) is 12.6. The standard InChI is InChI=1S/C50H68F2N8O6/c1-45(2,3)37(57-41(61)49(13,47(7,8)9)65-43(63)59(15)16)39-53-33-23-29(31(51)25-35(33)55-39)27-19-21-28(22-20-27)30-24-34-36(26-32(30)52)56-40(54-34)38(46(4,5)6)58-42(62)50(14,48(10,11)12)66-44(64)60(17)18/h19-26,37-38H,1-18H3,(H,53,55)(H,54,56)(H,57,61)(H,58,62)/t37-,38-,49+,50+/m1/s1. The molecule has 14 nitrogen and oxygen atoms in total. The van der Waals surface area contributed by atoms with E-state index in [2.05, 4.69) is 20.6 Å². The summed E-state index contributed by atoms with van der Waals surface area (Å²) in [5, 5.41) is 6.14. The minimum absolute atomic E-state index is 0.265. The van der Waals surface area contributed by atoms with Crippen LogP contribution in [0.4, 0.5) is 18.4 Å². The fourth-order valence-electron chi connectivity index (χ4n) is 7.19. The number of fused-ring (bicyclic) bond motifs is 2. The number of benzene rings is 3. The smallest absolute Gasteiger partial charge is 0.410 e. The lowest BCUT2D eigenvalue weighted by molar-refractivity contribution is -0.153. The predicted octanol–water partition coefficient (Wildman–Crippen LogP) is 10.5. The molecule has 0 aliphatic heterocycles. The largest absolute Gasteiger partial charge is 0.432 e. The number of carbonyl (C=O) groups excluding carboxylic acids is 4. The van der Waals surface area contributed by atoms with Crippen molar-refractivity contribution in [1.82, 2.24) is 40.4 Å². The van der Waals surface area contributed by atoms with Crippen LogP contribution in [0.2, 0.25) is 0 Å². The second kappa shape index (κ2) is 17.6. The Hall–Kier alpha value is -6.06.